The Bertz CT molecular complexity index is 239. The second-order valence-corrected chi connectivity index (χ2v) is 4.90. The van der Waals surface area contributed by atoms with Gasteiger partial charge in [0.25, 0.3) is 0 Å². The first-order valence-corrected chi connectivity index (χ1v) is 5.45. The van der Waals surface area contributed by atoms with Crippen molar-refractivity contribution in [3.05, 3.63) is 0 Å². The highest BCUT2D eigenvalue weighted by atomic mass is 16.5. The number of rotatable bonds is 1. The number of fused-ring (bicyclic) bond motifs is 1. The van der Waals surface area contributed by atoms with E-state index in [1.807, 2.05) is 11.9 Å². The average Bonchev–Trinajstić information content (AvgIpc) is 2.58. The van der Waals surface area contributed by atoms with E-state index < -0.39 is 0 Å². The molecule has 2 rings (SSSR count). The molecule has 0 aromatic heterocycles. The molecule has 80 valence electrons. The Morgan fingerprint density at radius 3 is 2.79 bits per heavy atom. The van der Waals surface area contributed by atoms with Gasteiger partial charge in [0.05, 0.1) is 19.1 Å². The highest BCUT2D eigenvalue weighted by Crippen LogP contribution is 2.35. The van der Waals surface area contributed by atoms with E-state index in [9.17, 15) is 4.79 Å². The van der Waals surface area contributed by atoms with Gasteiger partial charge in [0.15, 0.2) is 0 Å². The lowest BCUT2D eigenvalue weighted by molar-refractivity contribution is -0.142. The van der Waals surface area contributed by atoms with Crippen LogP contribution in [-0.4, -0.2) is 37.1 Å². The average molecular weight is 197 g/mol. The molecule has 0 aromatic carbocycles. The zero-order valence-electron chi connectivity index (χ0n) is 9.19. The fourth-order valence-electron chi connectivity index (χ4n) is 2.72. The number of likely N-dealkylation sites (tertiary alicyclic amines) is 1. The lowest BCUT2D eigenvalue weighted by Gasteiger charge is -2.40. The molecule has 2 fully saturated rings. The minimum absolute atomic E-state index is 0.148. The van der Waals surface area contributed by atoms with Gasteiger partial charge in [0, 0.05) is 13.1 Å². The molecule has 2 aliphatic rings. The fourth-order valence-corrected chi connectivity index (χ4v) is 2.72. The number of amides is 1. The van der Waals surface area contributed by atoms with E-state index in [0.717, 1.165) is 13.0 Å². The quantitative estimate of drug-likeness (QED) is 0.631. The van der Waals surface area contributed by atoms with Crippen molar-refractivity contribution >= 4 is 5.91 Å². The molecule has 0 aromatic rings. The molecule has 2 aliphatic heterocycles. The summed E-state index contributed by atoms with van der Waals surface area (Å²) >= 11 is 0. The van der Waals surface area contributed by atoms with Gasteiger partial charge in [-0.25, -0.2) is 0 Å². The van der Waals surface area contributed by atoms with Gasteiger partial charge in [-0.3, -0.25) is 4.79 Å². The van der Waals surface area contributed by atoms with Crippen LogP contribution in [0.5, 0.6) is 0 Å². The molecule has 0 saturated carbocycles. The van der Waals surface area contributed by atoms with Gasteiger partial charge >= 0.3 is 0 Å². The van der Waals surface area contributed by atoms with Crippen LogP contribution < -0.4 is 0 Å². The molecule has 14 heavy (non-hydrogen) atoms. The van der Waals surface area contributed by atoms with Crippen molar-refractivity contribution in [2.45, 2.75) is 26.3 Å². The number of hydrogen-bond donors (Lipinski definition) is 0. The van der Waals surface area contributed by atoms with E-state index in [1.165, 1.54) is 0 Å². The number of piperidine rings is 1. The Morgan fingerprint density at radius 1 is 1.43 bits per heavy atom. The van der Waals surface area contributed by atoms with E-state index in [4.69, 9.17) is 4.74 Å². The van der Waals surface area contributed by atoms with Gasteiger partial charge in [-0.15, -0.1) is 0 Å². The number of carbonyl (C=O) groups is 1. The number of carbonyl (C=O) groups excluding carboxylic acids is 1. The van der Waals surface area contributed by atoms with E-state index in [-0.39, 0.29) is 11.8 Å². The fraction of sp³-hybridized carbons (Fsp3) is 0.909. The van der Waals surface area contributed by atoms with Crippen molar-refractivity contribution in [2.24, 2.45) is 17.8 Å². The number of hydrogen-bond acceptors (Lipinski definition) is 2. The highest BCUT2D eigenvalue weighted by molar-refractivity contribution is 5.80. The molecular formula is C11H19NO2. The normalized spacial score (nSPS) is 37.9. The van der Waals surface area contributed by atoms with Crippen molar-refractivity contribution in [1.29, 1.82) is 0 Å². The van der Waals surface area contributed by atoms with E-state index in [1.54, 1.807) is 0 Å². The van der Waals surface area contributed by atoms with Crippen molar-refractivity contribution in [2.75, 3.05) is 20.3 Å². The highest BCUT2D eigenvalue weighted by Gasteiger charge is 2.43. The summed E-state index contributed by atoms with van der Waals surface area (Å²) in [4.78, 5) is 13.9. The SMILES string of the molecule is CC(C)C1CC2COCC2C(=O)N1C. The van der Waals surface area contributed by atoms with Crippen molar-refractivity contribution < 1.29 is 9.53 Å². The van der Waals surface area contributed by atoms with Crippen LogP contribution in [0.15, 0.2) is 0 Å². The van der Waals surface area contributed by atoms with Crippen LogP contribution in [0.25, 0.3) is 0 Å². The van der Waals surface area contributed by atoms with Crippen LogP contribution in [0, 0.1) is 17.8 Å². The van der Waals surface area contributed by atoms with E-state index >= 15 is 0 Å². The maximum atomic E-state index is 12.0. The van der Waals surface area contributed by atoms with Gasteiger partial charge in [-0.1, -0.05) is 13.8 Å². The summed E-state index contributed by atoms with van der Waals surface area (Å²) in [6.07, 6.45) is 1.12. The topological polar surface area (TPSA) is 29.5 Å². The molecular weight excluding hydrogens is 178 g/mol. The molecule has 0 aliphatic carbocycles. The summed E-state index contributed by atoms with van der Waals surface area (Å²) in [6.45, 7) is 5.79. The Balaban J connectivity index is 2.15. The van der Waals surface area contributed by atoms with Gasteiger partial charge in [-0.2, -0.15) is 0 Å². The summed E-state index contributed by atoms with van der Waals surface area (Å²) in [5.74, 6) is 1.46. The zero-order chi connectivity index (χ0) is 10.3. The summed E-state index contributed by atoms with van der Waals surface area (Å²) in [7, 11) is 1.93. The van der Waals surface area contributed by atoms with Gasteiger partial charge < -0.3 is 9.64 Å². The van der Waals surface area contributed by atoms with Gasteiger partial charge in [0.2, 0.25) is 5.91 Å². The third-order valence-electron chi connectivity index (χ3n) is 3.67. The summed E-state index contributed by atoms with van der Waals surface area (Å²) in [5, 5.41) is 0. The largest absolute Gasteiger partial charge is 0.380 e. The van der Waals surface area contributed by atoms with Crippen LogP contribution >= 0.6 is 0 Å². The second-order valence-electron chi connectivity index (χ2n) is 4.90. The maximum absolute atomic E-state index is 12.0. The third kappa shape index (κ3) is 1.44. The number of ether oxygens (including phenoxy) is 1. The van der Waals surface area contributed by atoms with Crippen LogP contribution in [-0.2, 0) is 9.53 Å². The zero-order valence-corrected chi connectivity index (χ0v) is 9.19. The summed E-state index contributed by atoms with van der Waals surface area (Å²) < 4.78 is 5.39. The monoisotopic (exact) mass is 197 g/mol. The lowest BCUT2D eigenvalue weighted by Crippen LogP contribution is -2.51. The second kappa shape index (κ2) is 3.54. The predicted molar refractivity (Wildman–Crippen MR) is 53.8 cm³/mol. The van der Waals surface area contributed by atoms with Crippen LogP contribution in [0.3, 0.4) is 0 Å². The summed E-state index contributed by atoms with van der Waals surface area (Å²) in [6, 6.07) is 0.408. The first kappa shape index (κ1) is 9.97. The van der Waals surface area contributed by atoms with Crippen LogP contribution in [0.2, 0.25) is 0 Å². The molecule has 0 bridgehead atoms. The molecule has 3 unspecified atom stereocenters. The lowest BCUT2D eigenvalue weighted by atomic mass is 9.80. The van der Waals surface area contributed by atoms with E-state index in [0.29, 0.717) is 24.5 Å². The molecule has 1 amide bonds. The Labute approximate surface area is 85.4 Å². The molecule has 2 heterocycles. The molecule has 0 N–H and O–H groups in total. The molecule has 3 nitrogen and oxygen atoms in total. The molecule has 3 heteroatoms. The van der Waals surface area contributed by atoms with Gasteiger partial charge in [-0.05, 0) is 18.3 Å². The van der Waals surface area contributed by atoms with E-state index in [2.05, 4.69) is 13.8 Å². The number of nitrogens with zero attached hydrogens (tertiary/aromatic N) is 1. The molecule has 0 spiro atoms. The molecule has 0 radical (unpaired) electrons. The predicted octanol–water partition coefficient (Wildman–Crippen LogP) is 1.14. The standard InChI is InChI=1S/C11H19NO2/c1-7(2)10-4-8-5-14-6-9(8)11(13)12(10)3/h7-10H,4-6H2,1-3H3. The third-order valence-corrected chi connectivity index (χ3v) is 3.67. The van der Waals surface area contributed by atoms with Crippen molar-refractivity contribution in [1.82, 2.24) is 4.90 Å². The minimum atomic E-state index is 0.148. The van der Waals surface area contributed by atoms with Crippen molar-refractivity contribution in [3.8, 4) is 0 Å². The smallest absolute Gasteiger partial charge is 0.228 e. The first-order valence-electron chi connectivity index (χ1n) is 5.45. The van der Waals surface area contributed by atoms with Crippen LogP contribution in [0.4, 0.5) is 0 Å². The summed E-state index contributed by atoms with van der Waals surface area (Å²) in [5.41, 5.74) is 0. The Hall–Kier alpha value is -0.570. The minimum Gasteiger partial charge on any atom is -0.380 e. The van der Waals surface area contributed by atoms with Crippen molar-refractivity contribution in [3.63, 3.8) is 0 Å². The Kier molecular flexibility index (Phi) is 2.52. The molecule has 3 atom stereocenters. The van der Waals surface area contributed by atoms with Crippen LogP contribution in [0.1, 0.15) is 20.3 Å². The first-order chi connectivity index (χ1) is 6.61. The molecule has 2 saturated heterocycles. The van der Waals surface area contributed by atoms with Gasteiger partial charge in [0.1, 0.15) is 0 Å². The maximum Gasteiger partial charge on any atom is 0.228 e. The Morgan fingerprint density at radius 2 is 2.14 bits per heavy atom.